The monoisotopic (exact) mass is 346 g/mol. The first kappa shape index (κ1) is 18.0. The number of rotatable bonds is 6. The van der Waals surface area contributed by atoms with Gasteiger partial charge in [0.25, 0.3) is 5.91 Å². The van der Waals surface area contributed by atoms with E-state index in [0.717, 1.165) is 11.1 Å². The zero-order chi connectivity index (χ0) is 17.5. The van der Waals surface area contributed by atoms with E-state index in [1.165, 1.54) is 7.11 Å². The van der Waals surface area contributed by atoms with Crippen molar-refractivity contribution >= 4 is 29.1 Å². The van der Waals surface area contributed by atoms with Gasteiger partial charge in [-0.2, -0.15) is 0 Å². The first-order valence-electron chi connectivity index (χ1n) is 7.42. The van der Waals surface area contributed by atoms with Gasteiger partial charge in [-0.05, 0) is 30.2 Å². The number of methoxy groups -OCH3 is 1. The second-order valence-corrected chi connectivity index (χ2v) is 5.68. The van der Waals surface area contributed by atoms with E-state index in [1.807, 2.05) is 31.2 Å². The van der Waals surface area contributed by atoms with E-state index in [4.69, 9.17) is 16.3 Å². The number of ether oxygens (including phenoxy) is 1. The Bertz CT molecular complexity index is 719. The van der Waals surface area contributed by atoms with Gasteiger partial charge in [0.1, 0.15) is 0 Å². The number of aryl methyl sites for hydroxylation is 1. The standard InChI is InChI=1S/C18H19ClN2O3/c1-12-8-9-15(14(19)10-12)21-16(22)11-20-18(23)17(24-2)13-6-4-3-5-7-13/h3-10,17H,11H2,1-2H3,(H,20,23)(H,21,22). The minimum atomic E-state index is -0.762. The molecule has 0 spiro atoms. The summed E-state index contributed by atoms with van der Waals surface area (Å²) in [5.74, 6) is -0.745. The molecule has 2 N–H and O–H groups in total. The molecular formula is C18H19ClN2O3. The van der Waals surface area contributed by atoms with Crippen LogP contribution in [0.15, 0.2) is 48.5 Å². The van der Waals surface area contributed by atoms with Crippen LogP contribution in [0.4, 0.5) is 5.69 Å². The average molecular weight is 347 g/mol. The summed E-state index contributed by atoms with van der Waals surface area (Å²) < 4.78 is 5.22. The molecule has 2 amide bonds. The van der Waals surface area contributed by atoms with E-state index in [1.54, 1.807) is 24.3 Å². The van der Waals surface area contributed by atoms with Crippen LogP contribution in [0, 0.1) is 6.92 Å². The van der Waals surface area contributed by atoms with Gasteiger partial charge in [-0.15, -0.1) is 0 Å². The first-order chi connectivity index (χ1) is 11.5. The first-order valence-corrected chi connectivity index (χ1v) is 7.80. The normalized spacial score (nSPS) is 11.6. The minimum absolute atomic E-state index is 0.171. The minimum Gasteiger partial charge on any atom is -0.367 e. The maximum Gasteiger partial charge on any atom is 0.254 e. The number of carbonyl (C=O) groups excluding carboxylic acids is 2. The summed E-state index contributed by atoms with van der Waals surface area (Å²) in [6.45, 7) is 1.74. The molecular weight excluding hydrogens is 328 g/mol. The van der Waals surface area contributed by atoms with Crippen LogP contribution in [0.1, 0.15) is 17.2 Å². The highest BCUT2D eigenvalue weighted by Gasteiger charge is 2.20. The number of hydrogen-bond donors (Lipinski definition) is 2. The Morgan fingerprint density at radius 2 is 1.88 bits per heavy atom. The lowest BCUT2D eigenvalue weighted by Crippen LogP contribution is -2.36. The average Bonchev–Trinajstić information content (AvgIpc) is 2.57. The second kappa shape index (κ2) is 8.47. The van der Waals surface area contributed by atoms with Crippen LogP contribution in [0.2, 0.25) is 5.02 Å². The third kappa shape index (κ3) is 4.81. The van der Waals surface area contributed by atoms with E-state index in [9.17, 15) is 9.59 Å². The Balaban J connectivity index is 1.92. The van der Waals surface area contributed by atoms with Crippen LogP contribution in [0.25, 0.3) is 0 Å². The van der Waals surface area contributed by atoms with E-state index in [0.29, 0.717) is 10.7 Å². The highest BCUT2D eigenvalue weighted by atomic mass is 35.5. The van der Waals surface area contributed by atoms with Crippen LogP contribution in [0.3, 0.4) is 0 Å². The van der Waals surface area contributed by atoms with Gasteiger partial charge in [-0.1, -0.05) is 48.0 Å². The Morgan fingerprint density at radius 3 is 2.50 bits per heavy atom. The zero-order valence-corrected chi connectivity index (χ0v) is 14.3. The highest BCUT2D eigenvalue weighted by Crippen LogP contribution is 2.22. The molecule has 0 radical (unpaired) electrons. The summed E-state index contributed by atoms with van der Waals surface area (Å²) in [5, 5.41) is 5.68. The summed E-state index contributed by atoms with van der Waals surface area (Å²) in [7, 11) is 1.45. The molecule has 0 heterocycles. The maximum atomic E-state index is 12.2. The van der Waals surface area contributed by atoms with Crippen LogP contribution in [0.5, 0.6) is 0 Å². The summed E-state index contributed by atoms with van der Waals surface area (Å²) in [6, 6.07) is 14.4. The van der Waals surface area contributed by atoms with Crippen molar-refractivity contribution in [3.05, 3.63) is 64.7 Å². The van der Waals surface area contributed by atoms with Gasteiger partial charge in [-0.25, -0.2) is 0 Å². The Hall–Kier alpha value is -2.37. The molecule has 0 aliphatic carbocycles. The summed E-state index contributed by atoms with van der Waals surface area (Å²) in [6.07, 6.45) is -0.762. The molecule has 0 aliphatic rings. The van der Waals surface area contributed by atoms with Crippen LogP contribution in [-0.2, 0) is 14.3 Å². The fraction of sp³-hybridized carbons (Fsp3) is 0.222. The largest absolute Gasteiger partial charge is 0.367 e. The predicted octanol–water partition coefficient (Wildman–Crippen LogP) is 3.09. The number of anilines is 1. The molecule has 0 aromatic heterocycles. The van der Waals surface area contributed by atoms with Crippen molar-refractivity contribution in [2.75, 3.05) is 19.0 Å². The molecule has 2 rings (SSSR count). The van der Waals surface area contributed by atoms with Crippen LogP contribution >= 0.6 is 11.6 Å². The topological polar surface area (TPSA) is 67.4 Å². The molecule has 6 heteroatoms. The molecule has 0 saturated carbocycles. The Morgan fingerprint density at radius 1 is 1.17 bits per heavy atom. The van der Waals surface area contributed by atoms with Crippen molar-refractivity contribution in [3.63, 3.8) is 0 Å². The third-order valence-electron chi connectivity index (χ3n) is 3.40. The molecule has 2 aromatic carbocycles. The fourth-order valence-electron chi connectivity index (χ4n) is 2.20. The van der Waals surface area contributed by atoms with E-state index in [-0.39, 0.29) is 18.4 Å². The number of hydrogen-bond acceptors (Lipinski definition) is 3. The number of nitrogens with one attached hydrogen (secondary N) is 2. The second-order valence-electron chi connectivity index (χ2n) is 5.28. The smallest absolute Gasteiger partial charge is 0.254 e. The SMILES string of the molecule is COC(C(=O)NCC(=O)Nc1ccc(C)cc1Cl)c1ccccc1. The molecule has 1 atom stereocenters. The Kier molecular flexibility index (Phi) is 6.35. The summed E-state index contributed by atoms with van der Waals surface area (Å²) in [4.78, 5) is 24.2. The lowest BCUT2D eigenvalue weighted by atomic mass is 10.1. The fourth-order valence-corrected chi connectivity index (χ4v) is 2.48. The lowest BCUT2D eigenvalue weighted by molar-refractivity contribution is -0.132. The van der Waals surface area contributed by atoms with E-state index >= 15 is 0 Å². The zero-order valence-electron chi connectivity index (χ0n) is 13.5. The van der Waals surface area contributed by atoms with Crippen molar-refractivity contribution in [1.82, 2.24) is 5.32 Å². The molecule has 0 bridgehead atoms. The lowest BCUT2D eigenvalue weighted by Gasteiger charge is -2.15. The van der Waals surface area contributed by atoms with Crippen LogP contribution < -0.4 is 10.6 Å². The molecule has 0 saturated heterocycles. The van der Waals surface area contributed by atoms with E-state index < -0.39 is 6.10 Å². The molecule has 5 nitrogen and oxygen atoms in total. The maximum absolute atomic E-state index is 12.2. The van der Waals surface area contributed by atoms with E-state index in [2.05, 4.69) is 10.6 Å². The third-order valence-corrected chi connectivity index (χ3v) is 3.71. The number of benzene rings is 2. The molecule has 0 fully saturated rings. The molecule has 1 unspecified atom stereocenters. The highest BCUT2D eigenvalue weighted by molar-refractivity contribution is 6.33. The van der Waals surface area contributed by atoms with Gasteiger partial charge in [0.2, 0.25) is 5.91 Å². The van der Waals surface area contributed by atoms with Crippen molar-refractivity contribution in [2.45, 2.75) is 13.0 Å². The van der Waals surface area contributed by atoms with Gasteiger partial charge in [-0.3, -0.25) is 9.59 Å². The predicted molar refractivity (Wildman–Crippen MR) is 94.0 cm³/mol. The van der Waals surface area contributed by atoms with Crippen molar-refractivity contribution in [1.29, 1.82) is 0 Å². The quantitative estimate of drug-likeness (QED) is 0.844. The van der Waals surface area contributed by atoms with Crippen molar-refractivity contribution in [2.24, 2.45) is 0 Å². The van der Waals surface area contributed by atoms with Gasteiger partial charge in [0.05, 0.1) is 17.3 Å². The van der Waals surface area contributed by atoms with Gasteiger partial charge < -0.3 is 15.4 Å². The van der Waals surface area contributed by atoms with Gasteiger partial charge in [0, 0.05) is 7.11 Å². The number of halogens is 1. The Labute approximate surface area is 146 Å². The number of amides is 2. The van der Waals surface area contributed by atoms with Gasteiger partial charge >= 0.3 is 0 Å². The molecule has 126 valence electrons. The molecule has 24 heavy (non-hydrogen) atoms. The summed E-state index contributed by atoms with van der Waals surface area (Å²) in [5.41, 5.74) is 2.23. The van der Waals surface area contributed by atoms with Crippen LogP contribution in [-0.4, -0.2) is 25.5 Å². The number of carbonyl (C=O) groups is 2. The molecule has 0 aliphatic heterocycles. The summed E-state index contributed by atoms with van der Waals surface area (Å²) >= 11 is 6.07. The van der Waals surface area contributed by atoms with Crippen molar-refractivity contribution in [3.8, 4) is 0 Å². The molecule has 2 aromatic rings. The van der Waals surface area contributed by atoms with Gasteiger partial charge in [0.15, 0.2) is 6.10 Å². The van der Waals surface area contributed by atoms with Crippen molar-refractivity contribution < 1.29 is 14.3 Å².